The molecule has 2 N–H and O–H groups in total. The zero-order chi connectivity index (χ0) is 8.72. The second-order valence-corrected chi connectivity index (χ2v) is 3.76. The van der Waals surface area contributed by atoms with Gasteiger partial charge in [-0.25, -0.2) is 9.37 Å². The number of anilines is 1. The van der Waals surface area contributed by atoms with Crippen LogP contribution < -0.4 is 5.73 Å². The average Bonchev–Trinajstić information content (AvgIpc) is 2.29. The monoisotopic (exact) mass is 202 g/mol. The van der Waals surface area contributed by atoms with E-state index in [0.717, 1.165) is 11.3 Å². The molecule has 0 saturated carbocycles. The van der Waals surface area contributed by atoms with E-state index in [0.29, 0.717) is 20.4 Å². The molecule has 0 aliphatic carbocycles. The lowest BCUT2D eigenvalue weighted by Crippen LogP contribution is -1.79. The molecule has 1 heterocycles. The molecule has 12 heavy (non-hydrogen) atoms. The van der Waals surface area contributed by atoms with Crippen molar-refractivity contribution in [3.8, 4) is 0 Å². The molecule has 5 heteroatoms. The van der Waals surface area contributed by atoms with E-state index in [1.807, 2.05) is 0 Å². The van der Waals surface area contributed by atoms with E-state index >= 15 is 0 Å². The van der Waals surface area contributed by atoms with Gasteiger partial charge in [0.1, 0.15) is 5.82 Å². The topological polar surface area (TPSA) is 38.9 Å². The Bertz CT molecular complexity index is 440. The quantitative estimate of drug-likeness (QED) is 0.714. The number of aromatic nitrogens is 1. The van der Waals surface area contributed by atoms with Crippen molar-refractivity contribution >= 4 is 38.3 Å². The van der Waals surface area contributed by atoms with Gasteiger partial charge in [-0.1, -0.05) is 22.9 Å². The molecule has 0 radical (unpaired) electrons. The minimum atomic E-state index is -0.369. The fourth-order valence-electron chi connectivity index (χ4n) is 0.977. The van der Waals surface area contributed by atoms with Crippen molar-refractivity contribution < 1.29 is 4.39 Å². The van der Waals surface area contributed by atoms with Crippen LogP contribution in [0.4, 0.5) is 9.52 Å². The number of halogens is 2. The summed E-state index contributed by atoms with van der Waals surface area (Å²) in [6.07, 6.45) is 0. The summed E-state index contributed by atoms with van der Waals surface area (Å²) in [5, 5.41) is 0.691. The van der Waals surface area contributed by atoms with Crippen molar-refractivity contribution in [2.24, 2.45) is 0 Å². The summed E-state index contributed by atoms with van der Waals surface area (Å²) in [6, 6.07) is 2.84. The van der Waals surface area contributed by atoms with Crippen molar-refractivity contribution in [3.63, 3.8) is 0 Å². The van der Waals surface area contributed by atoms with Crippen molar-refractivity contribution in [2.75, 3.05) is 5.73 Å². The molecule has 0 amide bonds. The highest BCUT2D eigenvalue weighted by molar-refractivity contribution is 7.22. The van der Waals surface area contributed by atoms with E-state index in [1.165, 1.54) is 6.07 Å². The molecule has 0 bridgehead atoms. The lowest BCUT2D eigenvalue weighted by Gasteiger charge is -1.90. The second kappa shape index (κ2) is 2.57. The lowest BCUT2D eigenvalue weighted by atomic mass is 10.3. The van der Waals surface area contributed by atoms with E-state index in [-0.39, 0.29) is 5.82 Å². The maximum Gasteiger partial charge on any atom is 0.181 e. The third-order valence-electron chi connectivity index (χ3n) is 1.43. The van der Waals surface area contributed by atoms with E-state index in [9.17, 15) is 4.39 Å². The van der Waals surface area contributed by atoms with Crippen LogP contribution in [0.5, 0.6) is 0 Å². The fourth-order valence-corrected chi connectivity index (χ4v) is 1.89. The number of benzene rings is 1. The molecular formula is C7H4ClFN2S. The van der Waals surface area contributed by atoms with Gasteiger partial charge in [-0.15, -0.1) is 0 Å². The molecule has 62 valence electrons. The molecule has 0 unspecified atom stereocenters. The van der Waals surface area contributed by atoms with Gasteiger partial charge in [0.2, 0.25) is 0 Å². The summed E-state index contributed by atoms with van der Waals surface area (Å²) in [7, 11) is 0. The van der Waals surface area contributed by atoms with Gasteiger partial charge in [0.25, 0.3) is 0 Å². The summed E-state index contributed by atoms with van der Waals surface area (Å²) < 4.78 is 13.5. The number of thiazole rings is 1. The highest BCUT2D eigenvalue weighted by Gasteiger charge is 2.07. The average molecular weight is 203 g/mol. The Morgan fingerprint density at radius 1 is 1.50 bits per heavy atom. The molecule has 0 aliphatic heterocycles. The molecule has 0 aliphatic rings. The molecule has 0 fully saturated rings. The van der Waals surface area contributed by atoms with Gasteiger partial charge in [0, 0.05) is 5.02 Å². The van der Waals surface area contributed by atoms with Crippen LogP contribution in [0.1, 0.15) is 0 Å². The Balaban J connectivity index is 2.88. The maximum atomic E-state index is 13.1. The van der Waals surface area contributed by atoms with E-state index in [4.69, 9.17) is 17.3 Å². The summed E-state index contributed by atoms with van der Waals surface area (Å²) in [5.74, 6) is -0.369. The first-order chi connectivity index (χ1) is 5.66. The number of rotatable bonds is 0. The lowest BCUT2D eigenvalue weighted by molar-refractivity contribution is 0.641. The van der Waals surface area contributed by atoms with Crippen LogP contribution in [0, 0.1) is 5.82 Å². The molecule has 2 nitrogen and oxygen atoms in total. The summed E-state index contributed by atoms with van der Waals surface area (Å²) in [4.78, 5) is 3.91. The van der Waals surface area contributed by atoms with Crippen molar-refractivity contribution in [1.29, 1.82) is 0 Å². The van der Waals surface area contributed by atoms with E-state index in [2.05, 4.69) is 4.98 Å². The zero-order valence-electron chi connectivity index (χ0n) is 5.84. The van der Waals surface area contributed by atoms with Gasteiger partial charge in [-0.3, -0.25) is 0 Å². The molecule has 2 aromatic rings. The van der Waals surface area contributed by atoms with Crippen molar-refractivity contribution in [3.05, 3.63) is 23.0 Å². The second-order valence-electron chi connectivity index (χ2n) is 2.29. The smallest absolute Gasteiger partial charge is 0.181 e. The molecule has 1 aromatic heterocycles. The Morgan fingerprint density at radius 3 is 3.00 bits per heavy atom. The predicted octanol–water partition coefficient (Wildman–Crippen LogP) is 2.67. The standard InChI is InChI=1S/C7H4ClFN2S/c8-3-1-4(9)6-5(2-3)11-7(10)12-6/h1-2H,(H2,10,11). The van der Waals surface area contributed by atoms with Gasteiger partial charge in [0.05, 0.1) is 10.2 Å². The largest absolute Gasteiger partial charge is 0.375 e. The van der Waals surface area contributed by atoms with Crippen molar-refractivity contribution in [1.82, 2.24) is 4.98 Å². The normalized spacial score (nSPS) is 10.8. The molecule has 1 aromatic carbocycles. The summed E-state index contributed by atoms with van der Waals surface area (Å²) >= 11 is 6.74. The first-order valence-corrected chi connectivity index (χ1v) is 4.37. The summed E-state index contributed by atoms with van der Waals surface area (Å²) in [5.41, 5.74) is 5.92. The molecular weight excluding hydrogens is 199 g/mol. The minimum Gasteiger partial charge on any atom is -0.375 e. The number of fused-ring (bicyclic) bond motifs is 1. The van der Waals surface area contributed by atoms with E-state index < -0.39 is 0 Å². The van der Waals surface area contributed by atoms with Crippen molar-refractivity contribution in [2.45, 2.75) is 0 Å². The van der Waals surface area contributed by atoms with Crippen LogP contribution in [-0.2, 0) is 0 Å². The van der Waals surface area contributed by atoms with Gasteiger partial charge in [-0.05, 0) is 12.1 Å². The number of nitrogens with two attached hydrogens (primary N) is 1. The highest BCUT2D eigenvalue weighted by Crippen LogP contribution is 2.28. The Kier molecular flexibility index (Phi) is 1.66. The van der Waals surface area contributed by atoms with Crippen LogP contribution >= 0.6 is 22.9 Å². The molecule has 0 spiro atoms. The third kappa shape index (κ3) is 1.13. The van der Waals surface area contributed by atoms with Crippen LogP contribution in [-0.4, -0.2) is 4.98 Å². The minimum absolute atomic E-state index is 0.338. The predicted molar refractivity (Wildman–Crippen MR) is 49.0 cm³/mol. The third-order valence-corrected chi connectivity index (χ3v) is 2.55. The zero-order valence-corrected chi connectivity index (χ0v) is 7.42. The highest BCUT2D eigenvalue weighted by atomic mass is 35.5. The summed E-state index contributed by atoms with van der Waals surface area (Å²) in [6.45, 7) is 0. The number of hydrogen-bond acceptors (Lipinski definition) is 3. The maximum absolute atomic E-state index is 13.1. The number of hydrogen-bond donors (Lipinski definition) is 1. The number of nitrogens with zero attached hydrogens (tertiary/aromatic N) is 1. The molecule has 0 saturated heterocycles. The SMILES string of the molecule is Nc1nc2cc(Cl)cc(F)c2s1. The molecule has 0 atom stereocenters. The van der Waals surface area contributed by atoms with Crippen LogP contribution in [0.3, 0.4) is 0 Å². The van der Waals surface area contributed by atoms with Gasteiger partial charge in [0.15, 0.2) is 5.13 Å². The Hall–Kier alpha value is -0.870. The van der Waals surface area contributed by atoms with Gasteiger partial charge in [-0.2, -0.15) is 0 Å². The Labute approximate surface area is 76.8 Å². The fraction of sp³-hybridized carbons (Fsp3) is 0. The van der Waals surface area contributed by atoms with Gasteiger partial charge < -0.3 is 5.73 Å². The first kappa shape index (κ1) is 7.76. The Morgan fingerprint density at radius 2 is 2.25 bits per heavy atom. The van der Waals surface area contributed by atoms with Crippen LogP contribution in [0.25, 0.3) is 10.2 Å². The molecule has 2 rings (SSSR count). The number of nitrogen functional groups attached to an aromatic ring is 1. The van der Waals surface area contributed by atoms with Crippen LogP contribution in [0.15, 0.2) is 12.1 Å². The van der Waals surface area contributed by atoms with Crippen LogP contribution in [0.2, 0.25) is 5.02 Å². The van der Waals surface area contributed by atoms with Gasteiger partial charge >= 0.3 is 0 Å². The first-order valence-electron chi connectivity index (χ1n) is 3.18. The van der Waals surface area contributed by atoms with E-state index in [1.54, 1.807) is 6.07 Å².